The summed E-state index contributed by atoms with van der Waals surface area (Å²) in [5, 5.41) is 0. The van der Waals surface area contributed by atoms with Gasteiger partial charge in [0.05, 0.1) is 23.7 Å². The molecule has 2 heterocycles. The predicted molar refractivity (Wildman–Crippen MR) is 81.2 cm³/mol. The van der Waals surface area contributed by atoms with Gasteiger partial charge in [-0.1, -0.05) is 24.3 Å². The van der Waals surface area contributed by atoms with Gasteiger partial charge in [0.1, 0.15) is 5.75 Å². The van der Waals surface area contributed by atoms with Gasteiger partial charge in [-0.25, -0.2) is 0 Å². The maximum atomic E-state index is 6.45. The molecule has 0 spiro atoms. The molecule has 0 aliphatic carbocycles. The highest BCUT2D eigenvalue weighted by Crippen LogP contribution is 2.35. The van der Waals surface area contributed by atoms with Gasteiger partial charge in [-0.05, 0) is 23.3 Å². The van der Waals surface area contributed by atoms with Crippen molar-refractivity contribution in [3.05, 3.63) is 65.5 Å². The summed E-state index contributed by atoms with van der Waals surface area (Å²) in [6.45, 7) is 0.738. The maximum absolute atomic E-state index is 6.45. The van der Waals surface area contributed by atoms with E-state index in [9.17, 15) is 0 Å². The molecule has 0 fully saturated rings. The largest absolute Gasteiger partial charge is 0.493 e. The van der Waals surface area contributed by atoms with Gasteiger partial charge in [-0.2, -0.15) is 0 Å². The van der Waals surface area contributed by atoms with E-state index >= 15 is 0 Å². The van der Waals surface area contributed by atoms with Crippen LogP contribution in [0.4, 0.5) is 0 Å². The van der Waals surface area contributed by atoms with Crippen LogP contribution in [-0.2, 0) is 6.42 Å². The fraction of sp³-hybridized carbons (Fsp3) is 0.176. The first-order valence-electron chi connectivity index (χ1n) is 7.04. The molecule has 1 aliphatic heterocycles. The van der Waals surface area contributed by atoms with Gasteiger partial charge in [0.25, 0.3) is 0 Å². The van der Waals surface area contributed by atoms with Gasteiger partial charge in [0, 0.05) is 24.4 Å². The lowest BCUT2D eigenvalue weighted by molar-refractivity contribution is 0.352. The first-order valence-corrected chi connectivity index (χ1v) is 7.04. The third-order valence-electron chi connectivity index (χ3n) is 3.93. The topological polar surface area (TPSA) is 61.0 Å². The SMILES string of the molecule is NC(c1ccc2nccnc2c1)c1cccc2c1OCC2. The Morgan fingerprint density at radius 3 is 2.81 bits per heavy atom. The van der Waals surface area contributed by atoms with Crippen molar-refractivity contribution in [1.82, 2.24) is 9.97 Å². The quantitative estimate of drug-likeness (QED) is 0.782. The molecule has 0 radical (unpaired) electrons. The van der Waals surface area contributed by atoms with Crippen molar-refractivity contribution in [2.45, 2.75) is 12.5 Å². The molecule has 4 rings (SSSR count). The summed E-state index contributed by atoms with van der Waals surface area (Å²) in [7, 11) is 0. The molecule has 21 heavy (non-hydrogen) atoms. The first-order chi connectivity index (χ1) is 10.3. The van der Waals surface area contributed by atoms with Crippen molar-refractivity contribution in [3.63, 3.8) is 0 Å². The number of fused-ring (bicyclic) bond motifs is 2. The van der Waals surface area contributed by atoms with Gasteiger partial charge in [-0.3, -0.25) is 9.97 Å². The monoisotopic (exact) mass is 277 g/mol. The fourth-order valence-corrected chi connectivity index (χ4v) is 2.84. The molecular formula is C17H15N3O. The summed E-state index contributed by atoms with van der Waals surface area (Å²) >= 11 is 0. The van der Waals surface area contributed by atoms with E-state index in [2.05, 4.69) is 16.0 Å². The molecule has 2 aromatic carbocycles. The summed E-state index contributed by atoms with van der Waals surface area (Å²) in [6, 6.07) is 11.9. The van der Waals surface area contributed by atoms with Crippen molar-refractivity contribution in [1.29, 1.82) is 0 Å². The van der Waals surface area contributed by atoms with E-state index in [1.807, 2.05) is 30.3 Å². The molecule has 0 saturated carbocycles. The van der Waals surface area contributed by atoms with Gasteiger partial charge in [0.15, 0.2) is 0 Å². The predicted octanol–water partition coefficient (Wildman–Crippen LogP) is 2.61. The van der Waals surface area contributed by atoms with E-state index in [1.165, 1.54) is 5.56 Å². The Labute approximate surface area is 122 Å². The van der Waals surface area contributed by atoms with Crippen LogP contribution in [-0.4, -0.2) is 16.6 Å². The van der Waals surface area contributed by atoms with Crippen molar-refractivity contribution in [3.8, 4) is 5.75 Å². The molecule has 1 aliphatic rings. The molecule has 1 unspecified atom stereocenters. The second-order valence-corrected chi connectivity index (χ2v) is 5.22. The summed E-state index contributed by atoms with van der Waals surface area (Å²) in [4.78, 5) is 8.63. The molecule has 0 bridgehead atoms. The van der Waals surface area contributed by atoms with Gasteiger partial charge < -0.3 is 10.5 Å². The zero-order valence-electron chi connectivity index (χ0n) is 11.5. The smallest absolute Gasteiger partial charge is 0.127 e. The zero-order chi connectivity index (χ0) is 14.2. The molecule has 1 aromatic heterocycles. The van der Waals surface area contributed by atoms with Crippen LogP contribution in [0.1, 0.15) is 22.7 Å². The summed E-state index contributed by atoms with van der Waals surface area (Å²) in [5.41, 5.74) is 11.5. The van der Waals surface area contributed by atoms with Crippen LogP contribution in [0.5, 0.6) is 5.75 Å². The van der Waals surface area contributed by atoms with Gasteiger partial charge in [0.2, 0.25) is 0 Å². The summed E-state index contributed by atoms with van der Waals surface area (Å²) in [6.07, 6.45) is 4.35. The third kappa shape index (κ3) is 2.04. The number of hydrogen-bond acceptors (Lipinski definition) is 4. The number of benzene rings is 2. The number of hydrogen-bond donors (Lipinski definition) is 1. The minimum Gasteiger partial charge on any atom is -0.493 e. The van der Waals surface area contributed by atoms with Crippen LogP contribution in [0, 0.1) is 0 Å². The molecule has 0 amide bonds. The lowest BCUT2D eigenvalue weighted by atomic mass is 9.96. The van der Waals surface area contributed by atoms with Gasteiger partial charge in [-0.15, -0.1) is 0 Å². The first kappa shape index (κ1) is 12.3. The van der Waals surface area contributed by atoms with Gasteiger partial charge >= 0.3 is 0 Å². The van der Waals surface area contributed by atoms with E-state index in [4.69, 9.17) is 10.5 Å². The van der Waals surface area contributed by atoms with E-state index in [0.717, 1.165) is 40.9 Å². The second kappa shape index (κ2) is 4.82. The number of nitrogens with zero attached hydrogens (tertiary/aromatic N) is 2. The lowest BCUT2D eigenvalue weighted by Gasteiger charge is -2.16. The Morgan fingerprint density at radius 2 is 1.90 bits per heavy atom. The third-order valence-corrected chi connectivity index (χ3v) is 3.93. The van der Waals surface area contributed by atoms with E-state index < -0.39 is 0 Å². The highest BCUT2D eigenvalue weighted by molar-refractivity contribution is 5.74. The standard InChI is InChI=1S/C17H15N3O/c18-16(13-3-1-2-11-6-9-21-17(11)13)12-4-5-14-15(10-12)20-8-7-19-14/h1-5,7-8,10,16H,6,9,18H2. The van der Waals surface area contributed by atoms with Crippen molar-refractivity contribution in [2.75, 3.05) is 6.61 Å². The summed E-state index contributed by atoms with van der Waals surface area (Å²) < 4.78 is 5.75. The van der Waals surface area contributed by atoms with Crippen molar-refractivity contribution in [2.24, 2.45) is 5.73 Å². The van der Waals surface area contributed by atoms with Crippen LogP contribution in [0.15, 0.2) is 48.8 Å². The molecule has 0 saturated heterocycles. The summed E-state index contributed by atoms with van der Waals surface area (Å²) in [5.74, 6) is 0.948. The van der Waals surface area contributed by atoms with Crippen LogP contribution < -0.4 is 10.5 Å². The number of rotatable bonds is 2. The van der Waals surface area contributed by atoms with Crippen LogP contribution in [0.3, 0.4) is 0 Å². The average molecular weight is 277 g/mol. The second-order valence-electron chi connectivity index (χ2n) is 5.22. The number of ether oxygens (including phenoxy) is 1. The van der Waals surface area contributed by atoms with Crippen LogP contribution in [0.25, 0.3) is 11.0 Å². The minimum atomic E-state index is -0.218. The van der Waals surface area contributed by atoms with Crippen molar-refractivity contribution >= 4 is 11.0 Å². The molecule has 1 atom stereocenters. The number of para-hydroxylation sites is 1. The zero-order valence-corrected chi connectivity index (χ0v) is 11.5. The fourth-order valence-electron chi connectivity index (χ4n) is 2.84. The average Bonchev–Trinajstić information content (AvgIpc) is 3.02. The molecule has 2 N–H and O–H groups in total. The maximum Gasteiger partial charge on any atom is 0.127 e. The normalized spacial score (nSPS) is 14.7. The Morgan fingerprint density at radius 1 is 1.05 bits per heavy atom. The van der Waals surface area contributed by atoms with E-state index in [0.29, 0.717) is 0 Å². The van der Waals surface area contributed by atoms with Crippen LogP contribution in [0.2, 0.25) is 0 Å². The molecular weight excluding hydrogens is 262 g/mol. The Balaban J connectivity index is 1.80. The highest BCUT2D eigenvalue weighted by atomic mass is 16.5. The lowest BCUT2D eigenvalue weighted by Crippen LogP contribution is -2.13. The highest BCUT2D eigenvalue weighted by Gasteiger charge is 2.21. The molecule has 104 valence electrons. The van der Waals surface area contributed by atoms with Crippen LogP contribution >= 0.6 is 0 Å². The van der Waals surface area contributed by atoms with E-state index in [-0.39, 0.29) is 6.04 Å². The van der Waals surface area contributed by atoms with Crippen molar-refractivity contribution < 1.29 is 4.74 Å². The Bertz CT molecular complexity index is 816. The Hall–Kier alpha value is -2.46. The van der Waals surface area contributed by atoms with E-state index in [1.54, 1.807) is 12.4 Å². The number of nitrogens with two attached hydrogens (primary N) is 1. The molecule has 3 aromatic rings. The molecule has 4 nitrogen and oxygen atoms in total. The number of aromatic nitrogens is 2. The Kier molecular flexibility index (Phi) is 2.82. The molecule has 4 heteroatoms. The minimum absolute atomic E-state index is 0.218.